The molecule has 0 saturated heterocycles. The van der Waals surface area contributed by atoms with Crippen molar-refractivity contribution in [3.05, 3.63) is 58.6 Å². The lowest BCUT2D eigenvalue weighted by molar-refractivity contribution is 0.415. The maximum atomic E-state index is 6.21. The zero-order valence-electron chi connectivity index (χ0n) is 13.3. The van der Waals surface area contributed by atoms with Gasteiger partial charge < -0.3 is 15.4 Å². The van der Waals surface area contributed by atoms with E-state index in [9.17, 15) is 0 Å². The van der Waals surface area contributed by atoms with E-state index >= 15 is 0 Å². The van der Waals surface area contributed by atoms with Gasteiger partial charge in [0.1, 0.15) is 5.75 Å². The molecule has 1 atom stereocenters. The Morgan fingerprint density at radius 2 is 1.95 bits per heavy atom. The van der Waals surface area contributed by atoms with Gasteiger partial charge in [-0.05, 0) is 48.4 Å². The van der Waals surface area contributed by atoms with Crippen molar-refractivity contribution in [1.29, 1.82) is 0 Å². The van der Waals surface area contributed by atoms with Crippen LogP contribution in [0.25, 0.3) is 0 Å². The SMILES string of the molecule is COc1ccc(CC(CN)c2cccc(N(C)C)c2)cc1Cl. The van der Waals surface area contributed by atoms with Crippen LogP contribution in [-0.2, 0) is 6.42 Å². The molecule has 22 heavy (non-hydrogen) atoms. The van der Waals surface area contributed by atoms with Gasteiger partial charge in [0.25, 0.3) is 0 Å². The Morgan fingerprint density at radius 3 is 2.55 bits per heavy atom. The van der Waals surface area contributed by atoms with Gasteiger partial charge in [0.15, 0.2) is 0 Å². The van der Waals surface area contributed by atoms with Crippen LogP contribution in [-0.4, -0.2) is 27.7 Å². The molecule has 0 bridgehead atoms. The zero-order valence-corrected chi connectivity index (χ0v) is 14.1. The Kier molecular flexibility index (Phi) is 5.69. The quantitative estimate of drug-likeness (QED) is 0.882. The van der Waals surface area contributed by atoms with Gasteiger partial charge in [-0.15, -0.1) is 0 Å². The number of methoxy groups -OCH3 is 1. The van der Waals surface area contributed by atoms with Crippen molar-refractivity contribution in [3.8, 4) is 5.75 Å². The summed E-state index contributed by atoms with van der Waals surface area (Å²) in [5, 5.41) is 0.637. The summed E-state index contributed by atoms with van der Waals surface area (Å²) in [7, 11) is 5.70. The third-order valence-corrected chi connectivity index (χ3v) is 4.14. The van der Waals surface area contributed by atoms with Crippen LogP contribution in [0, 0.1) is 0 Å². The molecule has 4 heteroatoms. The minimum absolute atomic E-state index is 0.268. The molecule has 0 spiro atoms. The first-order valence-corrected chi connectivity index (χ1v) is 7.72. The van der Waals surface area contributed by atoms with Gasteiger partial charge in [0, 0.05) is 25.7 Å². The van der Waals surface area contributed by atoms with Gasteiger partial charge in [-0.2, -0.15) is 0 Å². The standard InChI is InChI=1S/C18H23ClN2O/c1-21(2)16-6-4-5-14(11-16)15(12-20)9-13-7-8-18(22-3)17(19)10-13/h4-8,10-11,15H,9,12,20H2,1-3H3. The molecule has 0 aliphatic heterocycles. The molecule has 0 heterocycles. The summed E-state index contributed by atoms with van der Waals surface area (Å²) >= 11 is 6.21. The monoisotopic (exact) mass is 318 g/mol. The summed E-state index contributed by atoms with van der Waals surface area (Å²) in [5.41, 5.74) is 9.60. The fourth-order valence-corrected chi connectivity index (χ4v) is 2.80. The smallest absolute Gasteiger partial charge is 0.137 e. The van der Waals surface area contributed by atoms with E-state index < -0.39 is 0 Å². The lowest BCUT2D eigenvalue weighted by Gasteiger charge is -2.19. The predicted octanol–water partition coefficient (Wildman–Crippen LogP) is 3.70. The van der Waals surface area contributed by atoms with Crippen molar-refractivity contribution in [2.45, 2.75) is 12.3 Å². The first-order valence-electron chi connectivity index (χ1n) is 7.35. The lowest BCUT2D eigenvalue weighted by Crippen LogP contribution is -2.16. The summed E-state index contributed by atoms with van der Waals surface area (Å²) in [6.07, 6.45) is 0.858. The molecule has 0 saturated carbocycles. The number of nitrogens with zero attached hydrogens (tertiary/aromatic N) is 1. The fourth-order valence-electron chi connectivity index (χ4n) is 2.52. The third-order valence-electron chi connectivity index (χ3n) is 3.84. The molecule has 2 N–H and O–H groups in total. The third kappa shape index (κ3) is 3.93. The molecule has 0 aromatic heterocycles. The number of ether oxygens (including phenoxy) is 1. The Morgan fingerprint density at radius 1 is 1.18 bits per heavy atom. The van der Waals surface area contributed by atoms with Crippen molar-refractivity contribution in [3.63, 3.8) is 0 Å². The maximum absolute atomic E-state index is 6.21. The molecular weight excluding hydrogens is 296 g/mol. The lowest BCUT2D eigenvalue weighted by atomic mass is 9.91. The molecule has 0 fully saturated rings. The zero-order chi connectivity index (χ0) is 16.1. The van der Waals surface area contributed by atoms with Crippen LogP contribution in [0.3, 0.4) is 0 Å². The van der Waals surface area contributed by atoms with Crippen molar-refractivity contribution in [2.24, 2.45) is 5.73 Å². The van der Waals surface area contributed by atoms with Gasteiger partial charge in [0.2, 0.25) is 0 Å². The van der Waals surface area contributed by atoms with Crippen LogP contribution in [0.1, 0.15) is 17.0 Å². The van der Waals surface area contributed by atoms with Gasteiger partial charge in [-0.3, -0.25) is 0 Å². The van der Waals surface area contributed by atoms with E-state index in [0.717, 1.165) is 12.0 Å². The van der Waals surface area contributed by atoms with Crippen molar-refractivity contribution >= 4 is 17.3 Å². The van der Waals surface area contributed by atoms with Crippen LogP contribution in [0.5, 0.6) is 5.75 Å². The highest BCUT2D eigenvalue weighted by atomic mass is 35.5. The fraction of sp³-hybridized carbons (Fsp3) is 0.333. The molecule has 0 aliphatic carbocycles. The number of hydrogen-bond acceptors (Lipinski definition) is 3. The van der Waals surface area contributed by atoms with E-state index in [1.54, 1.807) is 7.11 Å². The number of nitrogens with two attached hydrogens (primary N) is 1. The average Bonchev–Trinajstić information content (AvgIpc) is 2.52. The van der Waals surface area contributed by atoms with E-state index in [1.165, 1.54) is 11.3 Å². The van der Waals surface area contributed by atoms with Crippen molar-refractivity contribution in [2.75, 3.05) is 32.6 Å². The summed E-state index contributed by atoms with van der Waals surface area (Å²) in [5.74, 6) is 0.966. The topological polar surface area (TPSA) is 38.5 Å². The van der Waals surface area contributed by atoms with E-state index in [1.807, 2.05) is 32.3 Å². The Bertz CT molecular complexity index is 628. The van der Waals surface area contributed by atoms with Crippen LogP contribution in [0.4, 0.5) is 5.69 Å². The first kappa shape index (κ1) is 16.7. The molecule has 2 aromatic carbocycles. The summed E-state index contributed by atoms with van der Waals surface area (Å²) in [6.45, 7) is 0.598. The van der Waals surface area contributed by atoms with Crippen LogP contribution >= 0.6 is 11.6 Å². The number of benzene rings is 2. The van der Waals surface area contributed by atoms with Gasteiger partial charge in [0.05, 0.1) is 12.1 Å². The molecule has 2 rings (SSSR count). The molecule has 2 aromatic rings. The second-order valence-corrected chi connectivity index (χ2v) is 6.00. The molecule has 1 unspecified atom stereocenters. The number of hydrogen-bond donors (Lipinski definition) is 1. The highest BCUT2D eigenvalue weighted by Crippen LogP contribution is 2.28. The Labute approximate surface area is 137 Å². The normalized spacial score (nSPS) is 12.0. The van der Waals surface area contributed by atoms with Gasteiger partial charge >= 0.3 is 0 Å². The Hall–Kier alpha value is -1.71. The highest BCUT2D eigenvalue weighted by Gasteiger charge is 2.13. The maximum Gasteiger partial charge on any atom is 0.137 e. The van der Waals surface area contributed by atoms with E-state index in [0.29, 0.717) is 17.3 Å². The number of rotatable bonds is 6. The summed E-state index contributed by atoms with van der Waals surface area (Å²) in [6, 6.07) is 14.4. The number of anilines is 1. The van der Waals surface area contributed by atoms with Crippen LogP contribution in [0.15, 0.2) is 42.5 Å². The summed E-state index contributed by atoms with van der Waals surface area (Å²) in [4.78, 5) is 2.10. The second kappa shape index (κ2) is 7.52. The first-order chi connectivity index (χ1) is 10.5. The minimum atomic E-state index is 0.268. The van der Waals surface area contributed by atoms with E-state index in [4.69, 9.17) is 22.1 Å². The number of halogens is 1. The molecule has 3 nitrogen and oxygen atoms in total. The largest absolute Gasteiger partial charge is 0.495 e. The van der Waals surface area contributed by atoms with Crippen molar-refractivity contribution < 1.29 is 4.74 Å². The molecule has 0 amide bonds. The van der Waals surface area contributed by atoms with Gasteiger partial charge in [-0.1, -0.05) is 29.8 Å². The molecule has 118 valence electrons. The molecule has 0 radical (unpaired) electrons. The van der Waals surface area contributed by atoms with Gasteiger partial charge in [-0.25, -0.2) is 0 Å². The second-order valence-electron chi connectivity index (χ2n) is 5.60. The average molecular weight is 319 g/mol. The minimum Gasteiger partial charge on any atom is -0.495 e. The van der Waals surface area contributed by atoms with E-state index in [-0.39, 0.29) is 5.92 Å². The Balaban J connectivity index is 2.22. The van der Waals surface area contributed by atoms with E-state index in [2.05, 4.69) is 29.2 Å². The van der Waals surface area contributed by atoms with Crippen LogP contribution < -0.4 is 15.4 Å². The highest BCUT2D eigenvalue weighted by molar-refractivity contribution is 6.32. The molecule has 0 aliphatic rings. The molecular formula is C18H23ClN2O. The van der Waals surface area contributed by atoms with Crippen molar-refractivity contribution in [1.82, 2.24) is 0 Å². The predicted molar refractivity (Wildman–Crippen MR) is 94.3 cm³/mol. The van der Waals surface area contributed by atoms with Crippen LogP contribution in [0.2, 0.25) is 5.02 Å². The summed E-state index contributed by atoms with van der Waals surface area (Å²) < 4.78 is 5.20.